The van der Waals surface area contributed by atoms with Gasteiger partial charge in [-0.3, -0.25) is 0 Å². The van der Waals surface area contributed by atoms with Crippen LogP contribution in [0.5, 0.6) is 5.75 Å². The number of rotatable bonds is 8. The van der Waals surface area contributed by atoms with Crippen LogP contribution in [-0.4, -0.2) is 12.4 Å². The van der Waals surface area contributed by atoms with Gasteiger partial charge in [0.05, 0.1) is 6.61 Å². The van der Waals surface area contributed by atoms with Crippen molar-refractivity contribution in [1.29, 1.82) is 0 Å². The van der Waals surface area contributed by atoms with Crippen molar-refractivity contribution in [2.75, 3.05) is 12.4 Å². The highest BCUT2D eigenvalue weighted by molar-refractivity contribution is 7.80. The van der Waals surface area contributed by atoms with Crippen LogP contribution in [0, 0.1) is 0 Å². The number of hydrogen-bond donors (Lipinski definition) is 1. The van der Waals surface area contributed by atoms with Crippen LogP contribution in [0.2, 0.25) is 0 Å². The monoisotopic (exact) mass is 252 g/mol. The summed E-state index contributed by atoms with van der Waals surface area (Å²) < 4.78 is 5.76. The maximum absolute atomic E-state index is 5.76. The van der Waals surface area contributed by atoms with Crippen LogP contribution in [-0.2, 0) is 0 Å². The van der Waals surface area contributed by atoms with Crippen molar-refractivity contribution >= 4 is 12.6 Å². The van der Waals surface area contributed by atoms with E-state index in [1.54, 1.807) is 0 Å². The van der Waals surface area contributed by atoms with Crippen molar-refractivity contribution in [3.05, 3.63) is 29.8 Å². The van der Waals surface area contributed by atoms with Crippen LogP contribution in [0.1, 0.15) is 51.0 Å². The van der Waals surface area contributed by atoms with Crippen molar-refractivity contribution in [2.24, 2.45) is 0 Å². The van der Waals surface area contributed by atoms with E-state index in [0.29, 0.717) is 5.92 Å². The van der Waals surface area contributed by atoms with Gasteiger partial charge in [-0.05, 0) is 42.2 Å². The summed E-state index contributed by atoms with van der Waals surface area (Å²) in [5.74, 6) is 2.57. The summed E-state index contributed by atoms with van der Waals surface area (Å²) in [5.41, 5.74) is 1.34. The Bertz CT molecular complexity index is 310. The van der Waals surface area contributed by atoms with Gasteiger partial charge in [0.1, 0.15) is 5.75 Å². The first-order valence-corrected chi connectivity index (χ1v) is 7.21. The van der Waals surface area contributed by atoms with Gasteiger partial charge in [-0.25, -0.2) is 0 Å². The molecular formula is C15H24OS. The van der Waals surface area contributed by atoms with Gasteiger partial charge in [-0.15, -0.1) is 0 Å². The van der Waals surface area contributed by atoms with Crippen molar-refractivity contribution in [3.63, 3.8) is 0 Å². The van der Waals surface area contributed by atoms with Crippen molar-refractivity contribution < 1.29 is 4.74 Å². The minimum atomic E-state index is 0.564. The van der Waals surface area contributed by atoms with Gasteiger partial charge in [-0.1, -0.05) is 38.8 Å². The molecule has 2 heteroatoms. The lowest BCUT2D eigenvalue weighted by atomic mass is 10.0. The van der Waals surface area contributed by atoms with Gasteiger partial charge >= 0.3 is 0 Å². The third-order valence-corrected chi connectivity index (χ3v) is 3.16. The first kappa shape index (κ1) is 14.4. The lowest BCUT2D eigenvalue weighted by Crippen LogP contribution is -1.98. The van der Waals surface area contributed by atoms with E-state index in [1.807, 2.05) is 6.07 Å². The highest BCUT2D eigenvalue weighted by atomic mass is 32.1. The Morgan fingerprint density at radius 1 is 1.12 bits per heavy atom. The SMILES string of the molecule is CC(C)c1cccc(OCCCCCCS)c1. The fourth-order valence-electron chi connectivity index (χ4n) is 1.72. The largest absolute Gasteiger partial charge is 0.494 e. The quantitative estimate of drug-likeness (QED) is 0.522. The number of ether oxygens (including phenoxy) is 1. The molecule has 0 N–H and O–H groups in total. The van der Waals surface area contributed by atoms with Crippen LogP contribution in [0.4, 0.5) is 0 Å². The predicted octanol–water partition coefficient (Wildman–Crippen LogP) is 4.68. The highest BCUT2D eigenvalue weighted by Gasteiger charge is 2.00. The minimum absolute atomic E-state index is 0.564. The molecule has 0 saturated heterocycles. The summed E-state index contributed by atoms with van der Waals surface area (Å²) >= 11 is 4.20. The topological polar surface area (TPSA) is 9.23 Å². The average Bonchev–Trinajstić information content (AvgIpc) is 2.34. The zero-order valence-corrected chi connectivity index (χ0v) is 11.9. The van der Waals surface area contributed by atoms with E-state index in [2.05, 4.69) is 44.7 Å². The molecule has 0 amide bonds. The second kappa shape index (κ2) is 8.46. The Kier molecular flexibility index (Phi) is 7.18. The Morgan fingerprint density at radius 3 is 2.59 bits per heavy atom. The third-order valence-electron chi connectivity index (χ3n) is 2.85. The highest BCUT2D eigenvalue weighted by Crippen LogP contribution is 2.20. The molecule has 0 radical (unpaired) electrons. The lowest BCUT2D eigenvalue weighted by Gasteiger charge is -2.09. The van der Waals surface area contributed by atoms with E-state index >= 15 is 0 Å². The Labute approximate surface area is 111 Å². The maximum atomic E-state index is 5.76. The zero-order chi connectivity index (χ0) is 12.5. The maximum Gasteiger partial charge on any atom is 0.119 e. The summed E-state index contributed by atoms with van der Waals surface area (Å²) in [5, 5.41) is 0. The smallest absolute Gasteiger partial charge is 0.119 e. The van der Waals surface area contributed by atoms with Gasteiger partial charge in [0.2, 0.25) is 0 Å². The van der Waals surface area contributed by atoms with Crippen LogP contribution >= 0.6 is 12.6 Å². The van der Waals surface area contributed by atoms with E-state index in [9.17, 15) is 0 Å². The third kappa shape index (κ3) is 6.02. The molecule has 0 heterocycles. The fraction of sp³-hybridized carbons (Fsp3) is 0.600. The molecular weight excluding hydrogens is 228 g/mol. The van der Waals surface area contributed by atoms with Gasteiger partial charge in [-0.2, -0.15) is 12.6 Å². The normalized spacial score (nSPS) is 10.8. The second-order valence-electron chi connectivity index (χ2n) is 4.71. The standard InChI is InChI=1S/C15H24OS/c1-13(2)14-8-7-9-15(12-14)16-10-5-3-4-6-11-17/h7-9,12-13,17H,3-6,10-11H2,1-2H3. The molecule has 0 saturated carbocycles. The summed E-state index contributed by atoms with van der Waals surface area (Å²) in [7, 11) is 0. The van der Waals surface area contributed by atoms with Crippen LogP contribution < -0.4 is 4.74 Å². The number of unbranched alkanes of at least 4 members (excludes halogenated alkanes) is 3. The first-order chi connectivity index (χ1) is 8.24. The lowest BCUT2D eigenvalue weighted by molar-refractivity contribution is 0.305. The van der Waals surface area contributed by atoms with Gasteiger partial charge in [0.15, 0.2) is 0 Å². The van der Waals surface area contributed by atoms with E-state index in [0.717, 1.165) is 24.5 Å². The molecule has 0 aromatic heterocycles. The molecule has 96 valence electrons. The molecule has 0 atom stereocenters. The molecule has 1 nitrogen and oxygen atoms in total. The second-order valence-corrected chi connectivity index (χ2v) is 5.16. The van der Waals surface area contributed by atoms with Crippen LogP contribution in [0.15, 0.2) is 24.3 Å². The molecule has 0 unspecified atom stereocenters. The van der Waals surface area contributed by atoms with E-state index in [4.69, 9.17) is 4.74 Å². The molecule has 0 aliphatic carbocycles. The number of hydrogen-bond acceptors (Lipinski definition) is 2. The van der Waals surface area contributed by atoms with Crippen LogP contribution in [0.25, 0.3) is 0 Å². The predicted molar refractivity (Wildman–Crippen MR) is 78.3 cm³/mol. The fourth-order valence-corrected chi connectivity index (χ4v) is 1.94. The van der Waals surface area contributed by atoms with Crippen molar-refractivity contribution in [3.8, 4) is 5.75 Å². The average molecular weight is 252 g/mol. The van der Waals surface area contributed by atoms with Gasteiger partial charge in [0.25, 0.3) is 0 Å². The minimum Gasteiger partial charge on any atom is -0.494 e. The zero-order valence-electron chi connectivity index (χ0n) is 11.0. The summed E-state index contributed by atoms with van der Waals surface area (Å²) in [6.07, 6.45) is 4.86. The number of benzene rings is 1. The first-order valence-electron chi connectivity index (χ1n) is 6.57. The van der Waals surface area contributed by atoms with Crippen molar-refractivity contribution in [1.82, 2.24) is 0 Å². The van der Waals surface area contributed by atoms with Crippen LogP contribution in [0.3, 0.4) is 0 Å². The van der Waals surface area contributed by atoms with Crippen molar-refractivity contribution in [2.45, 2.75) is 45.4 Å². The summed E-state index contributed by atoms with van der Waals surface area (Å²) in [6, 6.07) is 8.42. The molecule has 0 bridgehead atoms. The Morgan fingerprint density at radius 2 is 1.88 bits per heavy atom. The molecule has 17 heavy (non-hydrogen) atoms. The Hall–Kier alpha value is -0.630. The molecule has 1 aromatic rings. The van der Waals surface area contributed by atoms with E-state index < -0.39 is 0 Å². The van der Waals surface area contributed by atoms with Gasteiger partial charge in [0, 0.05) is 0 Å². The summed E-state index contributed by atoms with van der Waals surface area (Å²) in [4.78, 5) is 0. The Balaban J connectivity index is 2.24. The molecule has 1 rings (SSSR count). The summed E-state index contributed by atoms with van der Waals surface area (Å²) in [6.45, 7) is 5.24. The number of thiol groups is 1. The van der Waals surface area contributed by atoms with E-state index in [1.165, 1.54) is 24.8 Å². The van der Waals surface area contributed by atoms with Gasteiger partial charge < -0.3 is 4.74 Å². The molecule has 0 aliphatic heterocycles. The molecule has 0 fully saturated rings. The van der Waals surface area contributed by atoms with E-state index in [-0.39, 0.29) is 0 Å². The molecule has 0 aliphatic rings. The molecule has 1 aromatic carbocycles. The molecule has 0 spiro atoms.